The molecular formula is C10H22N4. The number of rotatable bonds is 6. The highest BCUT2D eigenvalue weighted by Gasteiger charge is 1.98. The van der Waals surface area contributed by atoms with Gasteiger partial charge in [-0.2, -0.15) is 0 Å². The van der Waals surface area contributed by atoms with Crippen LogP contribution in [0.25, 0.3) is 0 Å². The summed E-state index contributed by atoms with van der Waals surface area (Å²) in [6.45, 7) is 8.31. The van der Waals surface area contributed by atoms with Gasteiger partial charge in [0.05, 0.1) is 0 Å². The molecule has 0 aliphatic carbocycles. The van der Waals surface area contributed by atoms with Gasteiger partial charge in [-0.1, -0.05) is 6.58 Å². The van der Waals surface area contributed by atoms with Crippen LogP contribution in [0.3, 0.4) is 0 Å². The Morgan fingerprint density at radius 3 is 2.57 bits per heavy atom. The number of guanidine groups is 1. The maximum Gasteiger partial charge on any atom is 0.195 e. The van der Waals surface area contributed by atoms with E-state index in [1.54, 1.807) is 6.20 Å². The fraction of sp³-hybridized carbons (Fsp3) is 0.700. The molecule has 0 aliphatic rings. The zero-order chi connectivity index (χ0) is 11.0. The number of hydrogen-bond donors (Lipinski definition) is 1. The third-order valence-electron chi connectivity index (χ3n) is 1.89. The molecule has 0 rings (SSSR count). The molecule has 0 spiro atoms. The van der Waals surface area contributed by atoms with Crippen molar-refractivity contribution in [2.75, 3.05) is 33.7 Å². The first kappa shape index (κ1) is 13.0. The van der Waals surface area contributed by atoms with Gasteiger partial charge in [-0.15, -0.1) is 0 Å². The molecule has 0 aromatic rings. The maximum atomic E-state index is 5.75. The van der Waals surface area contributed by atoms with Gasteiger partial charge >= 0.3 is 0 Å². The minimum atomic E-state index is 0.557. The first-order valence-electron chi connectivity index (χ1n) is 4.95. The summed E-state index contributed by atoms with van der Waals surface area (Å²) in [4.78, 5) is 8.23. The Morgan fingerprint density at radius 2 is 2.14 bits per heavy atom. The van der Waals surface area contributed by atoms with Crippen LogP contribution in [-0.2, 0) is 0 Å². The number of aliphatic imine (C=N–C) groups is 1. The Hall–Kier alpha value is -1.03. The second-order valence-electron chi connectivity index (χ2n) is 3.37. The molecule has 0 bridgehead atoms. The van der Waals surface area contributed by atoms with E-state index in [9.17, 15) is 0 Å². The third kappa shape index (κ3) is 5.59. The molecule has 4 heteroatoms. The van der Waals surface area contributed by atoms with E-state index in [4.69, 9.17) is 5.73 Å². The number of nitrogens with zero attached hydrogens (tertiary/aromatic N) is 3. The molecule has 0 atom stereocenters. The summed E-state index contributed by atoms with van der Waals surface area (Å²) in [5.74, 6) is 0.557. The Balaban J connectivity index is 3.80. The van der Waals surface area contributed by atoms with Crippen molar-refractivity contribution >= 4 is 5.96 Å². The molecule has 14 heavy (non-hydrogen) atoms. The van der Waals surface area contributed by atoms with Crippen molar-refractivity contribution in [3.05, 3.63) is 12.8 Å². The lowest BCUT2D eigenvalue weighted by atomic mass is 10.4. The van der Waals surface area contributed by atoms with Gasteiger partial charge in [0.25, 0.3) is 0 Å². The van der Waals surface area contributed by atoms with Gasteiger partial charge in [-0.25, -0.2) is 0 Å². The zero-order valence-electron chi connectivity index (χ0n) is 9.53. The highest BCUT2D eigenvalue weighted by Crippen LogP contribution is 1.90. The van der Waals surface area contributed by atoms with Gasteiger partial charge in [0.2, 0.25) is 0 Å². The number of hydrogen-bond acceptors (Lipinski definition) is 2. The summed E-state index contributed by atoms with van der Waals surface area (Å²) in [5.41, 5.74) is 5.75. The fourth-order valence-corrected chi connectivity index (χ4v) is 1.06. The molecule has 82 valence electrons. The molecule has 0 amide bonds. The normalized spacial score (nSPS) is 11.9. The van der Waals surface area contributed by atoms with Crippen molar-refractivity contribution < 1.29 is 0 Å². The number of nitrogens with two attached hydrogens (primary N) is 1. The van der Waals surface area contributed by atoms with Gasteiger partial charge in [0, 0.05) is 13.1 Å². The summed E-state index contributed by atoms with van der Waals surface area (Å²) in [7, 11) is 4.10. The highest BCUT2D eigenvalue weighted by atomic mass is 15.2. The molecule has 0 aromatic carbocycles. The van der Waals surface area contributed by atoms with E-state index in [1.807, 2.05) is 11.8 Å². The van der Waals surface area contributed by atoms with Crippen molar-refractivity contribution in [2.45, 2.75) is 13.3 Å². The summed E-state index contributed by atoms with van der Waals surface area (Å²) < 4.78 is 0. The average Bonchev–Trinajstić information content (AvgIpc) is 2.14. The van der Waals surface area contributed by atoms with Gasteiger partial charge < -0.3 is 15.5 Å². The highest BCUT2D eigenvalue weighted by molar-refractivity contribution is 5.78. The Morgan fingerprint density at radius 1 is 1.50 bits per heavy atom. The van der Waals surface area contributed by atoms with Crippen LogP contribution in [0.15, 0.2) is 17.8 Å². The van der Waals surface area contributed by atoms with E-state index < -0.39 is 0 Å². The van der Waals surface area contributed by atoms with E-state index >= 15 is 0 Å². The molecule has 4 nitrogen and oxygen atoms in total. The average molecular weight is 198 g/mol. The van der Waals surface area contributed by atoms with Crippen molar-refractivity contribution in [3.63, 3.8) is 0 Å². The SMILES string of the molecule is C=CN(CC)C(N)=NCCCN(C)C. The van der Waals surface area contributed by atoms with Crippen molar-refractivity contribution in [1.29, 1.82) is 0 Å². The largest absolute Gasteiger partial charge is 0.370 e. The zero-order valence-corrected chi connectivity index (χ0v) is 9.53. The van der Waals surface area contributed by atoms with Crippen LogP contribution in [0.4, 0.5) is 0 Å². The van der Waals surface area contributed by atoms with Crippen LogP contribution in [0.1, 0.15) is 13.3 Å². The molecule has 0 unspecified atom stereocenters. The van der Waals surface area contributed by atoms with E-state index in [-0.39, 0.29) is 0 Å². The van der Waals surface area contributed by atoms with Crippen LogP contribution in [0.2, 0.25) is 0 Å². The van der Waals surface area contributed by atoms with Gasteiger partial charge in [0.15, 0.2) is 5.96 Å². The van der Waals surface area contributed by atoms with Crippen molar-refractivity contribution in [2.24, 2.45) is 10.7 Å². The second kappa shape index (κ2) is 7.38. The standard InChI is InChI=1S/C10H22N4/c1-5-14(6-2)10(11)12-8-7-9-13(3)4/h5H,1,6-9H2,2-4H3,(H2,11,12). The topological polar surface area (TPSA) is 44.9 Å². The van der Waals surface area contributed by atoms with Crippen LogP contribution in [-0.4, -0.2) is 49.5 Å². The van der Waals surface area contributed by atoms with Crippen molar-refractivity contribution in [1.82, 2.24) is 9.80 Å². The molecule has 0 heterocycles. The molecule has 0 saturated heterocycles. The summed E-state index contributed by atoms with van der Waals surface area (Å²) in [6, 6.07) is 0. The van der Waals surface area contributed by atoms with E-state index in [0.717, 1.165) is 26.1 Å². The summed E-state index contributed by atoms with van der Waals surface area (Å²) >= 11 is 0. The smallest absolute Gasteiger partial charge is 0.195 e. The summed E-state index contributed by atoms with van der Waals surface area (Å²) in [5, 5.41) is 0. The molecule has 0 fully saturated rings. The summed E-state index contributed by atoms with van der Waals surface area (Å²) in [6.07, 6.45) is 2.73. The van der Waals surface area contributed by atoms with Crippen LogP contribution >= 0.6 is 0 Å². The van der Waals surface area contributed by atoms with E-state index in [1.165, 1.54) is 0 Å². The fourth-order valence-electron chi connectivity index (χ4n) is 1.06. The molecule has 0 saturated carbocycles. The van der Waals surface area contributed by atoms with Crippen LogP contribution < -0.4 is 5.73 Å². The lowest BCUT2D eigenvalue weighted by Crippen LogP contribution is -2.33. The lowest BCUT2D eigenvalue weighted by molar-refractivity contribution is 0.403. The first-order chi connectivity index (χ1) is 6.61. The lowest BCUT2D eigenvalue weighted by Gasteiger charge is -2.16. The molecular weight excluding hydrogens is 176 g/mol. The van der Waals surface area contributed by atoms with Gasteiger partial charge in [0.1, 0.15) is 0 Å². The van der Waals surface area contributed by atoms with Crippen LogP contribution in [0.5, 0.6) is 0 Å². The quantitative estimate of drug-likeness (QED) is 0.388. The van der Waals surface area contributed by atoms with Crippen molar-refractivity contribution in [3.8, 4) is 0 Å². The van der Waals surface area contributed by atoms with Gasteiger partial charge in [-0.3, -0.25) is 4.99 Å². The monoisotopic (exact) mass is 198 g/mol. The third-order valence-corrected chi connectivity index (χ3v) is 1.89. The Labute approximate surface area is 87.1 Å². The molecule has 0 aliphatic heterocycles. The Kier molecular flexibility index (Phi) is 6.84. The minimum Gasteiger partial charge on any atom is -0.370 e. The molecule has 2 N–H and O–H groups in total. The minimum absolute atomic E-state index is 0.557. The van der Waals surface area contributed by atoms with Crippen LogP contribution in [0, 0.1) is 0 Å². The predicted molar refractivity (Wildman–Crippen MR) is 62.2 cm³/mol. The maximum absolute atomic E-state index is 5.75. The van der Waals surface area contributed by atoms with E-state index in [0.29, 0.717) is 5.96 Å². The molecule has 0 radical (unpaired) electrons. The molecule has 0 aromatic heterocycles. The van der Waals surface area contributed by atoms with Gasteiger partial charge in [-0.05, 0) is 40.2 Å². The second-order valence-corrected chi connectivity index (χ2v) is 3.37. The first-order valence-corrected chi connectivity index (χ1v) is 4.95. The van der Waals surface area contributed by atoms with E-state index in [2.05, 4.69) is 30.6 Å². The predicted octanol–water partition coefficient (Wildman–Crippen LogP) is 0.718. The Bertz CT molecular complexity index is 187.